The molecule has 7 aromatic rings. The summed E-state index contributed by atoms with van der Waals surface area (Å²) in [6.07, 6.45) is -0.640. The van der Waals surface area contributed by atoms with Gasteiger partial charge in [-0.2, -0.15) is 20.1 Å². The summed E-state index contributed by atoms with van der Waals surface area (Å²) in [6, 6.07) is 22.6. The molecule has 0 saturated carbocycles. The lowest BCUT2D eigenvalue weighted by Gasteiger charge is -2.35. The third-order valence-electron chi connectivity index (χ3n) is 8.92. The molecule has 0 bridgehead atoms. The van der Waals surface area contributed by atoms with E-state index in [0.29, 0.717) is 57.1 Å². The molecule has 1 aliphatic rings. The van der Waals surface area contributed by atoms with E-state index in [9.17, 15) is 4.79 Å². The highest BCUT2D eigenvalue weighted by Gasteiger charge is 2.40. The molecule has 18 heteroatoms. The van der Waals surface area contributed by atoms with Crippen molar-refractivity contribution in [2.75, 3.05) is 28.7 Å². The Balaban J connectivity index is 1.17. The minimum atomic E-state index is -0.833. The topological polar surface area (TPSA) is 218 Å². The van der Waals surface area contributed by atoms with Crippen molar-refractivity contribution in [2.24, 2.45) is 0 Å². The van der Waals surface area contributed by atoms with Gasteiger partial charge in [0.2, 0.25) is 11.9 Å². The van der Waals surface area contributed by atoms with E-state index in [1.807, 2.05) is 74.5 Å². The number of benzene rings is 2. The molecule has 1 aliphatic heterocycles. The number of hydrazine groups is 3. The van der Waals surface area contributed by atoms with Crippen LogP contribution in [0.4, 0.5) is 28.2 Å². The zero-order valence-electron chi connectivity index (χ0n) is 32.2. The third kappa shape index (κ3) is 7.44. The van der Waals surface area contributed by atoms with E-state index in [1.54, 1.807) is 54.8 Å². The fourth-order valence-corrected chi connectivity index (χ4v) is 6.49. The van der Waals surface area contributed by atoms with Gasteiger partial charge in [-0.3, -0.25) is 5.01 Å². The summed E-state index contributed by atoms with van der Waals surface area (Å²) in [6.45, 7) is 9.71. The van der Waals surface area contributed by atoms with Crippen molar-refractivity contribution in [1.82, 2.24) is 45.5 Å². The minimum Gasteiger partial charge on any atom is -0.496 e. The van der Waals surface area contributed by atoms with Crippen LogP contribution in [-0.2, 0) is 24.4 Å². The van der Waals surface area contributed by atoms with Crippen LogP contribution in [-0.4, -0.2) is 58.7 Å². The zero-order valence-corrected chi connectivity index (χ0v) is 32.2. The number of nitrogens with one attached hydrogen (secondary N) is 1. The standard InChI is InChI=1S/C39H41N13O5/c1-22-14-16-28(55-22)30-32-34(44-36(40)42-30)49(47-46-32)19-24-10-9-11-25(18-24)20-51(38(53)57-39(3,4)5)52-33-31(29-17-15-23(2)56-29)43-37(41)45-35(33)50(48-52)21-26-12-7-8-13-27(26)54-6/h7-18,48H,19-21H2,1-6H3,(H2,40,42,44)(H2,41,43,45). The van der Waals surface area contributed by atoms with Crippen molar-refractivity contribution >= 4 is 40.7 Å². The third-order valence-corrected chi connectivity index (χ3v) is 8.92. The van der Waals surface area contributed by atoms with Gasteiger partial charge in [-0.05, 0) is 76.1 Å². The molecule has 0 saturated heterocycles. The van der Waals surface area contributed by atoms with Crippen LogP contribution in [0.1, 0.15) is 49.0 Å². The molecule has 0 radical (unpaired) electrons. The number of ether oxygens (including phenoxy) is 2. The fourth-order valence-electron chi connectivity index (χ4n) is 6.49. The van der Waals surface area contributed by atoms with Crippen LogP contribution in [0.5, 0.6) is 5.75 Å². The predicted molar refractivity (Wildman–Crippen MR) is 211 cm³/mol. The second-order valence-corrected chi connectivity index (χ2v) is 14.4. The molecule has 0 unspecified atom stereocenters. The van der Waals surface area contributed by atoms with Gasteiger partial charge in [0, 0.05) is 5.56 Å². The van der Waals surface area contributed by atoms with Gasteiger partial charge in [0.1, 0.15) is 34.3 Å². The van der Waals surface area contributed by atoms with Gasteiger partial charge in [0.05, 0.1) is 26.7 Å². The van der Waals surface area contributed by atoms with Gasteiger partial charge in [-0.1, -0.05) is 47.7 Å². The number of aromatic nitrogens is 7. The average molecular weight is 772 g/mol. The second kappa shape index (κ2) is 14.5. The van der Waals surface area contributed by atoms with Crippen LogP contribution in [0.3, 0.4) is 0 Å². The maximum Gasteiger partial charge on any atom is 0.430 e. The maximum absolute atomic E-state index is 14.4. The molecule has 5 aromatic heterocycles. The molecule has 8 rings (SSSR count). The molecule has 18 nitrogen and oxygen atoms in total. The van der Waals surface area contributed by atoms with Crippen molar-refractivity contribution in [3.8, 4) is 28.7 Å². The van der Waals surface area contributed by atoms with Gasteiger partial charge in [-0.15, -0.1) is 10.6 Å². The van der Waals surface area contributed by atoms with Gasteiger partial charge >= 0.3 is 6.09 Å². The van der Waals surface area contributed by atoms with Crippen LogP contribution >= 0.6 is 0 Å². The number of furan rings is 2. The Labute approximate surface area is 326 Å². The Hall–Kier alpha value is -7.21. The first-order valence-electron chi connectivity index (χ1n) is 18.1. The molecule has 5 N–H and O–H groups in total. The number of carbonyl (C=O) groups is 1. The molecule has 0 aliphatic carbocycles. The molecular weight excluding hydrogens is 731 g/mol. The zero-order chi connectivity index (χ0) is 40.0. The Morgan fingerprint density at radius 1 is 0.842 bits per heavy atom. The molecule has 2 aromatic carbocycles. The molecular formula is C39H41N13O5. The van der Waals surface area contributed by atoms with E-state index in [-0.39, 0.29) is 31.5 Å². The highest BCUT2D eigenvalue weighted by Crippen LogP contribution is 2.43. The molecule has 292 valence electrons. The predicted octanol–water partition coefficient (Wildman–Crippen LogP) is 5.97. The molecule has 1 amide bonds. The Kier molecular flexibility index (Phi) is 9.32. The van der Waals surface area contributed by atoms with Crippen LogP contribution in [0, 0.1) is 13.8 Å². The largest absolute Gasteiger partial charge is 0.496 e. The smallest absolute Gasteiger partial charge is 0.430 e. The summed E-state index contributed by atoms with van der Waals surface area (Å²) in [5, 5.41) is 13.5. The number of rotatable bonds is 10. The number of para-hydroxylation sites is 1. The second-order valence-electron chi connectivity index (χ2n) is 14.4. The summed E-state index contributed by atoms with van der Waals surface area (Å²) in [7, 11) is 1.61. The van der Waals surface area contributed by atoms with Crippen LogP contribution in [0.15, 0.2) is 81.6 Å². The first-order chi connectivity index (χ1) is 27.3. The number of carbonyl (C=O) groups excluding carboxylic acids is 1. The number of methoxy groups -OCH3 is 1. The summed E-state index contributed by atoms with van der Waals surface area (Å²) in [5.74, 6) is 3.49. The van der Waals surface area contributed by atoms with E-state index < -0.39 is 11.7 Å². The molecule has 0 atom stereocenters. The van der Waals surface area contributed by atoms with Crippen molar-refractivity contribution in [2.45, 2.75) is 59.9 Å². The SMILES string of the molecule is COc1ccccc1CN1NN(N(Cc2cccc(Cn3nnc4c(-c5ccc(C)o5)nc(N)nc43)c2)C(=O)OC(C)(C)C)c2c(-c3ccc(C)o3)nc(N)nc21. The van der Waals surface area contributed by atoms with Gasteiger partial charge in [0.25, 0.3) is 0 Å². The van der Waals surface area contributed by atoms with E-state index in [1.165, 1.54) is 5.01 Å². The van der Waals surface area contributed by atoms with Crippen molar-refractivity contribution in [3.63, 3.8) is 0 Å². The highest BCUT2D eigenvalue weighted by molar-refractivity contribution is 5.87. The Morgan fingerprint density at radius 2 is 1.53 bits per heavy atom. The maximum atomic E-state index is 14.4. The van der Waals surface area contributed by atoms with Crippen molar-refractivity contribution in [1.29, 1.82) is 0 Å². The lowest BCUT2D eigenvalue weighted by molar-refractivity contribution is 0.0183. The Morgan fingerprint density at radius 3 is 2.23 bits per heavy atom. The number of hydrogen-bond donors (Lipinski definition) is 3. The Bertz CT molecular complexity index is 2610. The van der Waals surface area contributed by atoms with E-state index >= 15 is 0 Å². The molecule has 0 spiro atoms. The van der Waals surface area contributed by atoms with Crippen LogP contribution in [0.25, 0.3) is 34.1 Å². The van der Waals surface area contributed by atoms with Gasteiger partial charge in [0.15, 0.2) is 34.2 Å². The summed E-state index contributed by atoms with van der Waals surface area (Å²) < 4.78 is 25.2. The quantitative estimate of drug-likeness (QED) is 0.146. The van der Waals surface area contributed by atoms with Gasteiger partial charge in [-0.25, -0.2) is 19.4 Å². The average Bonchev–Trinajstić information content (AvgIpc) is 3.97. The van der Waals surface area contributed by atoms with Crippen molar-refractivity contribution in [3.05, 3.63) is 101 Å². The number of fused-ring (bicyclic) bond motifs is 2. The first-order valence-corrected chi connectivity index (χ1v) is 18.1. The highest BCUT2D eigenvalue weighted by atomic mass is 16.6. The van der Waals surface area contributed by atoms with E-state index in [4.69, 9.17) is 29.8 Å². The van der Waals surface area contributed by atoms with Gasteiger partial charge < -0.3 is 29.8 Å². The molecule has 57 heavy (non-hydrogen) atoms. The number of nitrogens with zero attached hydrogens (tertiary/aromatic N) is 10. The summed E-state index contributed by atoms with van der Waals surface area (Å²) in [4.78, 5) is 32.5. The monoisotopic (exact) mass is 771 g/mol. The number of nitrogens with two attached hydrogens (primary N) is 2. The molecule has 0 fully saturated rings. The van der Waals surface area contributed by atoms with E-state index in [0.717, 1.165) is 22.5 Å². The van der Waals surface area contributed by atoms with Crippen LogP contribution in [0.2, 0.25) is 0 Å². The lowest BCUT2D eigenvalue weighted by Crippen LogP contribution is -2.56. The normalized spacial score (nSPS) is 12.7. The minimum absolute atomic E-state index is 0.0158. The molecule has 6 heterocycles. The number of nitrogen functional groups attached to an aromatic ring is 2. The van der Waals surface area contributed by atoms with Crippen LogP contribution < -0.4 is 31.9 Å². The summed E-state index contributed by atoms with van der Waals surface area (Å²) in [5.41, 5.74) is 19.6. The summed E-state index contributed by atoms with van der Waals surface area (Å²) >= 11 is 0. The number of amides is 1. The number of aryl methyl sites for hydroxylation is 2. The van der Waals surface area contributed by atoms with Crippen molar-refractivity contribution < 1.29 is 23.1 Å². The van der Waals surface area contributed by atoms with E-state index in [2.05, 4.69) is 35.8 Å². The first kappa shape index (κ1) is 36.8. The lowest BCUT2D eigenvalue weighted by atomic mass is 10.1. The fraction of sp³-hybridized carbons (Fsp3) is 0.256. The number of hydrogen-bond acceptors (Lipinski definition) is 16. The number of anilines is 4.